The van der Waals surface area contributed by atoms with Crippen LogP contribution >= 0.6 is 0 Å². The summed E-state index contributed by atoms with van der Waals surface area (Å²) in [6.07, 6.45) is 8.32. The second kappa shape index (κ2) is 4.97. The van der Waals surface area contributed by atoms with Crippen molar-refractivity contribution in [2.24, 2.45) is 5.92 Å². The monoisotopic (exact) mass is 184 g/mol. The molecule has 2 rings (SSSR count). The van der Waals surface area contributed by atoms with Crippen molar-refractivity contribution >= 4 is 0 Å². The predicted octanol–water partition coefficient (Wildman–Crippen LogP) is 2.37. The third kappa shape index (κ3) is 2.96. The average molecular weight is 184 g/mol. The molecule has 13 heavy (non-hydrogen) atoms. The normalized spacial score (nSPS) is 25.8. The van der Waals surface area contributed by atoms with Crippen LogP contribution in [0.3, 0.4) is 0 Å². The maximum Gasteiger partial charge on any atom is 0.0575 e. The summed E-state index contributed by atoms with van der Waals surface area (Å²) in [5.41, 5.74) is 0. The topological polar surface area (TPSA) is 18.5 Å². The molecule has 1 saturated heterocycles. The lowest BCUT2D eigenvalue weighted by molar-refractivity contribution is -0.0129. The molecule has 2 nitrogen and oxygen atoms in total. The number of rotatable bonds is 4. The highest BCUT2D eigenvalue weighted by molar-refractivity contribution is 4.70. The van der Waals surface area contributed by atoms with Gasteiger partial charge >= 0.3 is 0 Å². The van der Waals surface area contributed by atoms with Gasteiger partial charge in [-0.05, 0) is 44.4 Å². The summed E-state index contributed by atoms with van der Waals surface area (Å²) in [5, 5.41) is 0. The van der Waals surface area contributed by atoms with Crippen molar-refractivity contribution in [1.82, 2.24) is 0 Å². The standard InChI is InChI=1S/C11H20O2/c1-2-11(3-1)13-9-6-10-4-7-12-8-5-10/h10-11H,1-9H2. The lowest BCUT2D eigenvalue weighted by Gasteiger charge is -2.27. The minimum absolute atomic E-state index is 0.611. The Labute approximate surface area is 80.6 Å². The average Bonchev–Trinajstić information content (AvgIpc) is 2.11. The van der Waals surface area contributed by atoms with E-state index >= 15 is 0 Å². The smallest absolute Gasteiger partial charge is 0.0575 e. The molecule has 2 heteroatoms. The van der Waals surface area contributed by atoms with Gasteiger partial charge in [-0.3, -0.25) is 0 Å². The van der Waals surface area contributed by atoms with Crippen LogP contribution in [0, 0.1) is 5.92 Å². The van der Waals surface area contributed by atoms with Crippen LogP contribution in [0.2, 0.25) is 0 Å². The van der Waals surface area contributed by atoms with E-state index in [1.165, 1.54) is 38.5 Å². The minimum Gasteiger partial charge on any atom is -0.381 e. The van der Waals surface area contributed by atoms with Crippen LogP contribution in [-0.2, 0) is 9.47 Å². The van der Waals surface area contributed by atoms with Gasteiger partial charge in [-0.15, -0.1) is 0 Å². The predicted molar refractivity (Wildman–Crippen MR) is 51.8 cm³/mol. The Hall–Kier alpha value is -0.0800. The largest absolute Gasteiger partial charge is 0.381 e. The molecule has 2 fully saturated rings. The van der Waals surface area contributed by atoms with Crippen molar-refractivity contribution in [2.75, 3.05) is 19.8 Å². The van der Waals surface area contributed by atoms with Gasteiger partial charge in [0.1, 0.15) is 0 Å². The van der Waals surface area contributed by atoms with Crippen molar-refractivity contribution < 1.29 is 9.47 Å². The van der Waals surface area contributed by atoms with E-state index in [0.29, 0.717) is 6.10 Å². The molecule has 0 N–H and O–H groups in total. The zero-order valence-corrected chi connectivity index (χ0v) is 8.34. The fourth-order valence-electron chi connectivity index (χ4n) is 1.97. The summed E-state index contributed by atoms with van der Waals surface area (Å²) >= 11 is 0. The van der Waals surface area contributed by atoms with Crippen LogP contribution in [0.5, 0.6) is 0 Å². The van der Waals surface area contributed by atoms with Gasteiger partial charge in [0.05, 0.1) is 6.10 Å². The number of hydrogen-bond donors (Lipinski definition) is 0. The van der Waals surface area contributed by atoms with Gasteiger partial charge in [0.15, 0.2) is 0 Å². The van der Waals surface area contributed by atoms with Crippen LogP contribution < -0.4 is 0 Å². The molecule has 2 aliphatic rings. The molecule has 0 spiro atoms. The van der Waals surface area contributed by atoms with Gasteiger partial charge < -0.3 is 9.47 Å². The van der Waals surface area contributed by atoms with Crippen molar-refractivity contribution in [1.29, 1.82) is 0 Å². The fraction of sp³-hybridized carbons (Fsp3) is 1.00. The third-order valence-corrected chi connectivity index (χ3v) is 3.27. The Morgan fingerprint density at radius 1 is 1.08 bits per heavy atom. The second-order valence-corrected chi connectivity index (χ2v) is 4.27. The van der Waals surface area contributed by atoms with E-state index in [2.05, 4.69) is 0 Å². The molecule has 1 heterocycles. The number of ether oxygens (including phenoxy) is 2. The molecule has 1 aliphatic carbocycles. The van der Waals surface area contributed by atoms with Gasteiger partial charge in [-0.2, -0.15) is 0 Å². The summed E-state index contributed by atoms with van der Waals surface area (Å²) in [6, 6.07) is 0. The molecule has 0 radical (unpaired) electrons. The molecule has 0 aromatic carbocycles. The van der Waals surface area contributed by atoms with Crippen molar-refractivity contribution in [3.63, 3.8) is 0 Å². The summed E-state index contributed by atoms with van der Waals surface area (Å²) in [7, 11) is 0. The molecule has 0 aromatic heterocycles. The molecular formula is C11H20O2. The van der Waals surface area contributed by atoms with Crippen molar-refractivity contribution in [3.8, 4) is 0 Å². The van der Waals surface area contributed by atoms with Gasteiger partial charge in [0.25, 0.3) is 0 Å². The van der Waals surface area contributed by atoms with Crippen LogP contribution in [0.25, 0.3) is 0 Å². The van der Waals surface area contributed by atoms with Gasteiger partial charge in [0.2, 0.25) is 0 Å². The summed E-state index contributed by atoms with van der Waals surface area (Å²) in [4.78, 5) is 0. The Morgan fingerprint density at radius 2 is 1.85 bits per heavy atom. The van der Waals surface area contributed by atoms with E-state index in [4.69, 9.17) is 9.47 Å². The van der Waals surface area contributed by atoms with E-state index in [9.17, 15) is 0 Å². The maximum atomic E-state index is 5.74. The fourth-order valence-corrected chi connectivity index (χ4v) is 1.97. The summed E-state index contributed by atoms with van der Waals surface area (Å²) in [6.45, 7) is 2.91. The first kappa shape index (κ1) is 9.47. The Balaban J connectivity index is 1.50. The Bertz CT molecular complexity index is 137. The molecule has 0 amide bonds. The molecular weight excluding hydrogens is 164 g/mol. The van der Waals surface area contributed by atoms with Gasteiger partial charge in [-0.25, -0.2) is 0 Å². The first-order valence-corrected chi connectivity index (χ1v) is 5.64. The van der Waals surface area contributed by atoms with Crippen LogP contribution in [0.4, 0.5) is 0 Å². The lowest BCUT2D eigenvalue weighted by Crippen LogP contribution is -2.24. The van der Waals surface area contributed by atoms with E-state index in [0.717, 1.165) is 25.7 Å². The van der Waals surface area contributed by atoms with Crippen LogP contribution in [0.15, 0.2) is 0 Å². The van der Waals surface area contributed by atoms with E-state index in [1.807, 2.05) is 0 Å². The zero-order valence-electron chi connectivity index (χ0n) is 8.34. The highest BCUT2D eigenvalue weighted by Crippen LogP contribution is 2.24. The van der Waals surface area contributed by atoms with E-state index in [1.54, 1.807) is 0 Å². The molecule has 0 atom stereocenters. The van der Waals surface area contributed by atoms with E-state index in [-0.39, 0.29) is 0 Å². The molecule has 0 aromatic rings. The molecule has 1 aliphatic heterocycles. The van der Waals surface area contributed by atoms with Crippen molar-refractivity contribution in [2.45, 2.75) is 44.6 Å². The Kier molecular flexibility index (Phi) is 3.62. The highest BCUT2D eigenvalue weighted by atomic mass is 16.5. The second-order valence-electron chi connectivity index (χ2n) is 4.27. The molecule has 76 valence electrons. The van der Waals surface area contributed by atoms with Gasteiger partial charge in [0, 0.05) is 19.8 Å². The Morgan fingerprint density at radius 3 is 2.46 bits per heavy atom. The van der Waals surface area contributed by atoms with Gasteiger partial charge in [-0.1, -0.05) is 0 Å². The maximum absolute atomic E-state index is 5.74. The first-order valence-electron chi connectivity index (χ1n) is 5.64. The number of hydrogen-bond acceptors (Lipinski definition) is 2. The lowest BCUT2D eigenvalue weighted by atomic mass is 9.95. The third-order valence-electron chi connectivity index (χ3n) is 3.27. The summed E-state index contributed by atoms with van der Waals surface area (Å²) in [5.74, 6) is 0.869. The zero-order chi connectivity index (χ0) is 8.93. The van der Waals surface area contributed by atoms with E-state index < -0.39 is 0 Å². The molecule has 0 bridgehead atoms. The molecule has 1 saturated carbocycles. The van der Waals surface area contributed by atoms with Crippen LogP contribution in [-0.4, -0.2) is 25.9 Å². The minimum atomic E-state index is 0.611. The highest BCUT2D eigenvalue weighted by Gasteiger charge is 2.19. The SMILES string of the molecule is C1CC(OCCC2CCOCC2)C1. The van der Waals surface area contributed by atoms with Crippen molar-refractivity contribution in [3.05, 3.63) is 0 Å². The molecule has 0 unspecified atom stereocenters. The first-order chi connectivity index (χ1) is 6.45. The van der Waals surface area contributed by atoms with Crippen LogP contribution in [0.1, 0.15) is 38.5 Å². The quantitative estimate of drug-likeness (QED) is 0.668. The summed E-state index contributed by atoms with van der Waals surface area (Å²) < 4.78 is 11.1.